The number of anilines is 1. The van der Waals surface area contributed by atoms with Crippen molar-refractivity contribution < 1.29 is 9.53 Å². The smallest absolute Gasteiger partial charge is 0.365 e. The van der Waals surface area contributed by atoms with Gasteiger partial charge in [0.25, 0.3) is 0 Å². The maximum Gasteiger partial charge on any atom is 0.365 e. The van der Waals surface area contributed by atoms with E-state index in [1.165, 1.54) is 39.6 Å². The Bertz CT molecular complexity index is 1500. The van der Waals surface area contributed by atoms with Gasteiger partial charge in [-0.1, -0.05) is 128 Å². The first-order valence-electron chi connectivity index (χ1n) is 13.8. The van der Waals surface area contributed by atoms with E-state index < -0.39 is 8.95 Å². The zero-order chi connectivity index (χ0) is 27.7. The molecule has 0 aliphatic carbocycles. The summed E-state index contributed by atoms with van der Waals surface area (Å²) in [7, 11) is 0. The predicted octanol–water partition coefficient (Wildman–Crippen LogP) is 8.09. The molecule has 0 radical (unpaired) electrons. The van der Waals surface area contributed by atoms with Gasteiger partial charge in [0, 0.05) is 5.56 Å². The first-order valence-corrected chi connectivity index (χ1v) is 15.5. The van der Waals surface area contributed by atoms with E-state index in [-0.39, 0.29) is 5.97 Å². The van der Waals surface area contributed by atoms with Gasteiger partial charge in [-0.05, 0) is 59.7 Å². The van der Waals surface area contributed by atoms with Gasteiger partial charge in [0.15, 0.2) is 4.20 Å². The first kappa shape index (κ1) is 26.7. The highest BCUT2D eigenvalue weighted by molar-refractivity contribution is 8.27. The standard InChI is InChI=1S/C34H32N2O2S2/c1-4-24-16-20-26(21-17-24)33(27-22-18-25(5-2)19-23-27)29-14-10-11-15-30(29)34(40-33)36(28-12-8-7-9-13-28)35-31(39-34)32(37)38-6-3/h7-23H,4-6H2,1-3H3/t34-/m0/s1. The number of ether oxygens (including phenoxy) is 1. The lowest BCUT2D eigenvalue weighted by molar-refractivity contribution is -0.134. The molecule has 6 heteroatoms. The summed E-state index contributed by atoms with van der Waals surface area (Å²) in [4.78, 5) is 13.1. The fraction of sp³-hybridized carbons (Fsp3) is 0.235. The predicted molar refractivity (Wildman–Crippen MR) is 168 cm³/mol. The van der Waals surface area contributed by atoms with Gasteiger partial charge in [-0.25, -0.2) is 9.80 Å². The second kappa shape index (κ2) is 10.8. The van der Waals surface area contributed by atoms with Gasteiger partial charge in [0.1, 0.15) is 0 Å². The Morgan fingerprint density at radius 3 is 1.85 bits per heavy atom. The Morgan fingerprint density at radius 1 is 0.750 bits per heavy atom. The van der Waals surface area contributed by atoms with E-state index in [1.807, 2.05) is 41.9 Å². The van der Waals surface area contributed by atoms with Crippen LogP contribution in [0.15, 0.2) is 108 Å². The fourth-order valence-corrected chi connectivity index (χ4v) is 9.14. The SMILES string of the molecule is CCOC(=O)C1=NN(c2ccccc2)[C@@]2(S1)SC(c1ccc(CC)cc1)(c1ccc(CC)cc1)c1ccccc12. The Kier molecular flexibility index (Phi) is 7.24. The molecule has 4 aromatic carbocycles. The van der Waals surface area contributed by atoms with E-state index in [2.05, 4.69) is 98.8 Å². The fourth-order valence-electron chi connectivity index (χ4n) is 5.59. The van der Waals surface area contributed by atoms with Crippen LogP contribution >= 0.6 is 23.5 Å². The maximum atomic E-state index is 13.1. The van der Waals surface area contributed by atoms with E-state index in [0.29, 0.717) is 11.7 Å². The minimum atomic E-state index is -0.715. The van der Waals surface area contributed by atoms with E-state index in [0.717, 1.165) is 24.1 Å². The summed E-state index contributed by atoms with van der Waals surface area (Å²) in [5, 5.41) is 7.33. The quantitative estimate of drug-likeness (QED) is 0.212. The number of carbonyl (C=O) groups excluding carboxylic acids is 1. The number of thioether (sulfide) groups is 2. The molecule has 4 nitrogen and oxygen atoms in total. The Morgan fingerprint density at radius 2 is 1.30 bits per heavy atom. The Balaban J connectivity index is 1.61. The molecule has 0 unspecified atom stereocenters. The number of esters is 1. The van der Waals surface area contributed by atoms with Crippen LogP contribution in [0.4, 0.5) is 5.69 Å². The molecule has 1 atom stereocenters. The number of hydrogen-bond donors (Lipinski definition) is 0. The highest BCUT2D eigenvalue weighted by atomic mass is 32.2. The number of fused-ring (bicyclic) bond motifs is 2. The van der Waals surface area contributed by atoms with Gasteiger partial charge in [-0.3, -0.25) is 0 Å². The molecule has 0 amide bonds. The van der Waals surface area contributed by atoms with E-state index >= 15 is 0 Å². The zero-order valence-corrected chi connectivity index (χ0v) is 24.6. The molecule has 0 N–H and O–H groups in total. The zero-order valence-electron chi connectivity index (χ0n) is 23.0. The summed E-state index contributed by atoms with van der Waals surface area (Å²) in [5.41, 5.74) is 8.30. The van der Waals surface area contributed by atoms with Gasteiger partial charge >= 0.3 is 5.97 Å². The van der Waals surface area contributed by atoms with Crippen molar-refractivity contribution in [3.8, 4) is 0 Å². The number of para-hydroxylation sites is 1. The van der Waals surface area contributed by atoms with Crippen molar-refractivity contribution >= 4 is 40.2 Å². The second-order valence-corrected chi connectivity index (χ2v) is 12.7. The summed E-state index contributed by atoms with van der Waals surface area (Å²) in [6.07, 6.45) is 1.97. The third-order valence-electron chi connectivity index (χ3n) is 7.63. The summed E-state index contributed by atoms with van der Waals surface area (Å²) >= 11 is 3.32. The highest BCUT2D eigenvalue weighted by Crippen LogP contribution is 2.70. The highest BCUT2D eigenvalue weighted by Gasteiger charge is 2.61. The average Bonchev–Trinajstić information content (AvgIpc) is 3.55. The van der Waals surface area contributed by atoms with Crippen molar-refractivity contribution in [3.05, 3.63) is 137 Å². The van der Waals surface area contributed by atoms with E-state index in [1.54, 1.807) is 0 Å². The summed E-state index contributed by atoms with van der Waals surface area (Å²) in [6, 6.07) is 36.8. The molecule has 1 spiro atoms. The summed E-state index contributed by atoms with van der Waals surface area (Å²) < 4.78 is 4.21. The van der Waals surface area contributed by atoms with Crippen LogP contribution in [0, 0.1) is 0 Å². The van der Waals surface area contributed by atoms with Crippen LogP contribution in [0.2, 0.25) is 0 Å². The van der Waals surface area contributed by atoms with Crippen LogP contribution in [-0.4, -0.2) is 17.6 Å². The summed E-state index contributed by atoms with van der Waals surface area (Å²) in [6.45, 7) is 6.50. The number of aryl methyl sites for hydroxylation is 2. The number of rotatable bonds is 7. The number of hydrogen-bond acceptors (Lipinski definition) is 6. The van der Waals surface area contributed by atoms with Gasteiger partial charge in [0.2, 0.25) is 5.04 Å². The topological polar surface area (TPSA) is 41.9 Å². The van der Waals surface area contributed by atoms with Crippen LogP contribution in [0.5, 0.6) is 0 Å². The van der Waals surface area contributed by atoms with Gasteiger partial charge in [-0.15, -0.1) is 0 Å². The molecule has 0 saturated heterocycles. The lowest BCUT2D eigenvalue weighted by Gasteiger charge is -2.37. The minimum absolute atomic E-state index is 0.304. The average molecular weight is 565 g/mol. The molecule has 0 aromatic heterocycles. The molecule has 0 bridgehead atoms. The lowest BCUT2D eigenvalue weighted by atomic mass is 9.81. The van der Waals surface area contributed by atoms with E-state index in [9.17, 15) is 4.79 Å². The van der Waals surface area contributed by atoms with Crippen LogP contribution in [0.1, 0.15) is 54.2 Å². The maximum absolute atomic E-state index is 13.1. The second-order valence-electron chi connectivity index (χ2n) is 9.89. The van der Waals surface area contributed by atoms with Gasteiger partial charge in [0.05, 0.1) is 17.0 Å². The molecule has 0 saturated carbocycles. The number of benzene rings is 4. The Labute approximate surface area is 244 Å². The molecule has 2 aliphatic rings. The first-order chi connectivity index (χ1) is 19.6. The third-order valence-corrected chi connectivity index (χ3v) is 10.9. The van der Waals surface area contributed by atoms with Crippen molar-refractivity contribution in [2.24, 2.45) is 5.10 Å². The van der Waals surface area contributed by atoms with Crippen LogP contribution in [0.3, 0.4) is 0 Å². The molecular weight excluding hydrogens is 533 g/mol. The number of carbonyl (C=O) groups is 1. The number of hydrazone groups is 1. The molecule has 6 rings (SSSR count). The normalized spacial score (nSPS) is 19.0. The molecular formula is C34H32N2O2S2. The lowest BCUT2D eigenvalue weighted by Crippen LogP contribution is -2.34. The third kappa shape index (κ3) is 4.25. The van der Waals surface area contributed by atoms with Crippen molar-refractivity contribution in [1.82, 2.24) is 0 Å². The molecule has 4 aromatic rings. The molecule has 2 heterocycles. The van der Waals surface area contributed by atoms with Crippen molar-refractivity contribution in [3.63, 3.8) is 0 Å². The van der Waals surface area contributed by atoms with E-state index in [4.69, 9.17) is 9.84 Å². The van der Waals surface area contributed by atoms with Crippen molar-refractivity contribution in [2.75, 3.05) is 11.6 Å². The van der Waals surface area contributed by atoms with Crippen LogP contribution < -0.4 is 5.01 Å². The molecule has 40 heavy (non-hydrogen) atoms. The van der Waals surface area contributed by atoms with Gasteiger partial charge in [-0.2, -0.15) is 5.10 Å². The van der Waals surface area contributed by atoms with Gasteiger partial charge < -0.3 is 4.74 Å². The molecule has 2 aliphatic heterocycles. The Hall–Kier alpha value is -3.48. The summed E-state index contributed by atoms with van der Waals surface area (Å²) in [5.74, 6) is -0.388. The van der Waals surface area contributed by atoms with Crippen LogP contribution in [0.25, 0.3) is 0 Å². The monoisotopic (exact) mass is 564 g/mol. The minimum Gasteiger partial charge on any atom is -0.461 e. The molecule has 0 fully saturated rings. The molecule has 202 valence electrons. The number of nitrogens with zero attached hydrogens (tertiary/aromatic N) is 2. The van der Waals surface area contributed by atoms with Crippen molar-refractivity contribution in [1.29, 1.82) is 0 Å². The van der Waals surface area contributed by atoms with Crippen molar-refractivity contribution in [2.45, 2.75) is 42.6 Å². The largest absolute Gasteiger partial charge is 0.461 e. The van der Waals surface area contributed by atoms with Crippen LogP contribution in [-0.2, 0) is 31.3 Å².